The molecule has 5 rings (SSSR count). The number of nitrogens with zero attached hydrogens (tertiary/aromatic N) is 6. The summed E-state index contributed by atoms with van der Waals surface area (Å²) in [6.45, 7) is 8.61. The van der Waals surface area contributed by atoms with Crippen LogP contribution in [0.15, 0.2) is 55.1 Å². The van der Waals surface area contributed by atoms with Gasteiger partial charge >= 0.3 is 6.03 Å². The van der Waals surface area contributed by atoms with E-state index in [1.165, 1.54) is 5.56 Å². The van der Waals surface area contributed by atoms with Gasteiger partial charge in [0.2, 0.25) is 5.95 Å². The Morgan fingerprint density at radius 3 is 2.61 bits per heavy atom. The number of anilines is 1. The van der Waals surface area contributed by atoms with E-state index >= 15 is 0 Å². The monoisotopic (exact) mass is 461 g/mol. The number of aromatic nitrogens is 4. The summed E-state index contributed by atoms with van der Waals surface area (Å²) in [5.74, 6) is 1.47. The molecule has 1 saturated heterocycles. The molecule has 3 heterocycles. The summed E-state index contributed by atoms with van der Waals surface area (Å²) in [5, 5.41) is 13.4. The lowest BCUT2D eigenvalue weighted by atomic mass is 10.1. The van der Waals surface area contributed by atoms with Gasteiger partial charge in [-0.15, -0.1) is 16.8 Å². The summed E-state index contributed by atoms with van der Waals surface area (Å²) in [6.07, 6.45) is 1.67. The minimum absolute atomic E-state index is 0.0809. The van der Waals surface area contributed by atoms with E-state index in [2.05, 4.69) is 46.0 Å². The SMILES string of the molecule is C=CCNC(=O)N1CCN(c2nc3cc(Cl)ccc3c3nnc(-c4ccc(C)cc4)n23)CC1. The second kappa shape index (κ2) is 8.71. The van der Waals surface area contributed by atoms with Gasteiger partial charge in [0.25, 0.3) is 0 Å². The topological polar surface area (TPSA) is 78.7 Å². The first-order valence-corrected chi connectivity index (χ1v) is 11.2. The maximum atomic E-state index is 12.3. The third kappa shape index (κ3) is 3.98. The molecule has 1 aliphatic rings. The zero-order valence-corrected chi connectivity index (χ0v) is 19.1. The minimum Gasteiger partial charge on any atom is -0.338 e. The number of carbonyl (C=O) groups is 1. The van der Waals surface area contributed by atoms with Gasteiger partial charge in [-0.05, 0) is 25.1 Å². The van der Waals surface area contributed by atoms with Crippen LogP contribution in [0.1, 0.15) is 5.56 Å². The number of urea groups is 1. The molecule has 0 bridgehead atoms. The summed E-state index contributed by atoms with van der Waals surface area (Å²) in [4.78, 5) is 21.3. The molecule has 0 aliphatic carbocycles. The summed E-state index contributed by atoms with van der Waals surface area (Å²) in [7, 11) is 0. The normalized spacial score (nSPS) is 14.1. The molecule has 1 fully saturated rings. The van der Waals surface area contributed by atoms with Gasteiger partial charge in [-0.25, -0.2) is 14.2 Å². The Bertz CT molecular complexity index is 1340. The summed E-state index contributed by atoms with van der Waals surface area (Å²) < 4.78 is 2.01. The van der Waals surface area contributed by atoms with E-state index in [4.69, 9.17) is 16.6 Å². The van der Waals surface area contributed by atoms with Crippen molar-refractivity contribution < 1.29 is 4.79 Å². The van der Waals surface area contributed by atoms with E-state index in [1.807, 2.05) is 39.6 Å². The van der Waals surface area contributed by atoms with Crippen molar-refractivity contribution in [1.29, 1.82) is 0 Å². The fourth-order valence-electron chi connectivity index (χ4n) is 4.07. The minimum atomic E-state index is -0.0809. The number of halogens is 1. The molecule has 1 aliphatic heterocycles. The highest BCUT2D eigenvalue weighted by molar-refractivity contribution is 6.31. The zero-order valence-electron chi connectivity index (χ0n) is 18.3. The number of nitrogens with one attached hydrogen (secondary N) is 1. The lowest BCUT2D eigenvalue weighted by Crippen LogP contribution is -2.52. The molecule has 2 aromatic carbocycles. The van der Waals surface area contributed by atoms with Crippen LogP contribution < -0.4 is 10.2 Å². The number of rotatable bonds is 4. The van der Waals surface area contributed by atoms with Gasteiger partial charge in [-0.1, -0.05) is 47.5 Å². The number of hydrogen-bond donors (Lipinski definition) is 1. The van der Waals surface area contributed by atoms with Crippen LogP contribution in [-0.4, -0.2) is 63.2 Å². The summed E-state index contributed by atoms with van der Waals surface area (Å²) in [6, 6.07) is 13.7. The van der Waals surface area contributed by atoms with E-state index in [9.17, 15) is 4.79 Å². The van der Waals surface area contributed by atoms with Crippen molar-refractivity contribution in [2.45, 2.75) is 6.92 Å². The van der Waals surface area contributed by atoms with Gasteiger partial charge in [0.1, 0.15) is 0 Å². The van der Waals surface area contributed by atoms with Crippen molar-refractivity contribution in [2.24, 2.45) is 0 Å². The fraction of sp³-hybridized carbons (Fsp3) is 0.250. The van der Waals surface area contributed by atoms with Gasteiger partial charge in [0, 0.05) is 48.7 Å². The predicted octanol–water partition coefficient (Wildman–Crippen LogP) is 3.92. The molecular formula is C24H24ClN7O. The third-order valence-electron chi connectivity index (χ3n) is 5.84. The van der Waals surface area contributed by atoms with Crippen LogP contribution in [-0.2, 0) is 0 Å². The van der Waals surface area contributed by atoms with Crippen LogP contribution in [0, 0.1) is 6.92 Å². The standard InChI is InChI=1S/C24H24ClN7O/c1-3-10-26-24(33)31-13-11-30(12-14-31)23-27-20-15-18(25)8-9-19(20)22-29-28-21(32(22)23)17-6-4-16(2)5-7-17/h3-9,15H,1,10-14H2,2H3,(H,26,33). The Kier molecular flexibility index (Phi) is 5.60. The van der Waals surface area contributed by atoms with Crippen molar-refractivity contribution in [3.05, 3.63) is 65.7 Å². The van der Waals surface area contributed by atoms with Crippen LogP contribution in [0.25, 0.3) is 27.9 Å². The molecule has 0 saturated carbocycles. The average molecular weight is 462 g/mol. The number of amides is 2. The Morgan fingerprint density at radius 2 is 1.88 bits per heavy atom. The first kappa shape index (κ1) is 21.2. The first-order chi connectivity index (χ1) is 16.0. The first-order valence-electron chi connectivity index (χ1n) is 10.8. The van der Waals surface area contributed by atoms with E-state index in [-0.39, 0.29) is 6.03 Å². The molecule has 168 valence electrons. The number of aryl methyl sites for hydroxylation is 1. The molecule has 0 spiro atoms. The second-order valence-corrected chi connectivity index (χ2v) is 8.51. The Morgan fingerprint density at radius 1 is 1.12 bits per heavy atom. The molecule has 2 amide bonds. The van der Waals surface area contributed by atoms with Gasteiger partial charge in [0.05, 0.1) is 5.52 Å². The Labute approximate surface area is 196 Å². The molecule has 0 atom stereocenters. The van der Waals surface area contributed by atoms with Crippen LogP contribution in [0.2, 0.25) is 5.02 Å². The second-order valence-electron chi connectivity index (χ2n) is 8.07. The van der Waals surface area contributed by atoms with E-state index < -0.39 is 0 Å². The van der Waals surface area contributed by atoms with Gasteiger partial charge in [-0.3, -0.25) is 0 Å². The molecular weight excluding hydrogens is 438 g/mol. The van der Waals surface area contributed by atoms with Crippen molar-refractivity contribution in [1.82, 2.24) is 29.8 Å². The maximum absolute atomic E-state index is 12.3. The van der Waals surface area contributed by atoms with Crippen molar-refractivity contribution in [3.63, 3.8) is 0 Å². The third-order valence-corrected chi connectivity index (χ3v) is 6.08. The number of piperazine rings is 1. The number of benzene rings is 2. The van der Waals surface area contributed by atoms with E-state index in [1.54, 1.807) is 6.08 Å². The van der Waals surface area contributed by atoms with Crippen LogP contribution in [0.3, 0.4) is 0 Å². The highest BCUT2D eigenvalue weighted by Gasteiger charge is 2.26. The lowest BCUT2D eigenvalue weighted by molar-refractivity contribution is 0.195. The quantitative estimate of drug-likeness (QED) is 0.466. The molecule has 0 unspecified atom stereocenters. The fourth-order valence-corrected chi connectivity index (χ4v) is 4.24. The summed E-state index contributed by atoms with van der Waals surface area (Å²) >= 11 is 6.26. The van der Waals surface area contributed by atoms with Gasteiger partial charge in [-0.2, -0.15) is 0 Å². The molecule has 4 aromatic rings. The molecule has 2 aromatic heterocycles. The number of fused-ring (bicyclic) bond motifs is 3. The maximum Gasteiger partial charge on any atom is 0.317 e. The van der Waals surface area contributed by atoms with Crippen molar-refractivity contribution in [2.75, 3.05) is 37.6 Å². The lowest BCUT2D eigenvalue weighted by Gasteiger charge is -2.35. The number of hydrogen-bond acceptors (Lipinski definition) is 5. The predicted molar refractivity (Wildman–Crippen MR) is 131 cm³/mol. The van der Waals surface area contributed by atoms with E-state index in [0.717, 1.165) is 33.9 Å². The highest BCUT2D eigenvalue weighted by atomic mass is 35.5. The van der Waals surface area contributed by atoms with Crippen molar-refractivity contribution >= 4 is 40.1 Å². The van der Waals surface area contributed by atoms with Crippen molar-refractivity contribution in [3.8, 4) is 11.4 Å². The smallest absolute Gasteiger partial charge is 0.317 e. The molecule has 1 N–H and O–H groups in total. The van der Waals surface area contributed by atoms with Gasteiger partial charge < -0.3 is 15.1 Å². The highest BCUT2D eigenvalue weighted by Crippen LogP contribution is 2.30. The zero-order chi connectivity index (χ0) is 22.9. The molecule has 33 heavy (non-hydrogen) atoms. The molecule has 8 nitrogen and oxygen atoms in total. The Balaban J connectivity index is 1.58. The van der Waals surface area contributed by atoms with Crippen LogP contribution >= 0.6 is 11.6 Å². The van der Waals surface area contributed by atoms with Gasteiger partial charge in [0.15, 0.2) is 11.5 Å². The average Bonchev–Trinajstić information content (AvgIpc) is 3.28. The Hall–Kier alpha value is -3.65. The molecule has 9 heteroatoms. The number of carbonyl (C=O) groups excluding carboxylic acids is 1. The largest absolute Gasteiger partial charge is 0.338 e. The van der Waals surface area contributed by atoms with Crippen LogP contribution in [0.4, 0.5) is 10.7 Å². The molecule has 0 radical (unpaired) electrons. The van der Waals surface area contributed by atoms with E-state index in [0.29, 0.717) is 37.7 Å². The van der Waals surface area contributed by atoms with Crippen LogP contribution in [0.5, 0.6) is 0 Å². The summed E-state index contributed by atoms with van der Waals surface area (Å²) in [5.41, 5.74) is 3.64.